The van der Waals surface area contributed by atoms with Gasteiger partial charge in [0, 0.05) is 16.3 Å². The predicted molar refractivity (Wildman–Crippen MR) is 101 cm³/mol. The van der Waals surface area contributed by atoms with Crippen LogP contribution in [0.15, 0.2) is 48.5 Å². The molecule has 0 saturated heterocycles. The lowest BCUT2D eigenvalue weighted by Crippen LogP contribution is -2.41. The zero-order chi connectivity index (χ0) is 16.7. The van der Waals surface area contributed by atoms with Crippen molar-refractivity contribution in [1.29, 1.82) is 0 Å². The van der Waals surface area contributed by atoms with E-state index in [2.05, 4.69) is 28.5 Å². The zero-order valence-corrected chi connectivity index (χ0v) is 15.1. The second-order valence-corrected chi connectivity index (χ2v) is 7.88. The SMILES string of the molecule is Cc1ccc([C@@]2(O)CN(c3ccc(Cl)cc3)C3=[N+]2CCCS3)cc1. The van der Waals surface area contributed by atoms with Gasteiger partial charge in [-0.15, -0.1) is 0 Å². The number of anilines is 1. The van der Waals surface area contributed by atoms with E-state index in [0.29, 0.717) is 6.54 Å². The molecule has 0 amide bonds. The number of aryl methyl sites for hydroxylation is 1. The number of benzene rings is 2. The number of β-amino-alcohol motifs (C(OH)–C–C–N with tert-alkyl or cyclic N) is 1. The molecule has 0 unspecified atom stereocenters. The first-order valence-electron chi connectivity index (χ1n) is 8.18. The molecule has 0 aromatic heterocycles. The summed E-state index contributed by atoms with van der Waals surface area (Å²) < 4.78 is 2.15. The summed E-state index contributed by atoms with van der Waals surface area (Å²) in [7, 11) is 0. The molecule has 1 N–H and O–H groups in total. The molecule has 0 spiro atoms. The molecule has 5 heteroatoms. The molecule has 2 aliphatic heterocycles. The van der Waals surface area contributed by atoms with Crippen molar-refractivity contribution in [3.8, 4) is 0 Å². The van der Waals surface area contributed by atoms with Gasteiger partial charge in [-0.3, -0.25) is 0 Å². The van der Waals surface area contributed by atoms with Crippen molar-refractivity contribution < 1.29 is 9.68 Å². The van der Waals surface area contributed by atoms with Crippen LogP contribution in [-0.2, 0) is 5.72 Å². The quantitative estimate of drug-likeness (QED) is 0.826. The largest absolute Gasteiger partial charge is 0.346 e. The lowest BCUT2D eigenvalue weighted by Gasteiger charge is -2.24. The van der Waals surface area contributed by atoms with Crippen molar-refractivity contribution in [3.05, 3.63) is 64.7 Å². The average molecular weight is 360 g/mol. The molecule has 4 rings (SSSR count). The third-order valence-corrected chi connectivity index (χ3v) is 6.14. The summed E-state index contributed by atoms with van der Waals surface area (Å²) in [5.74, 6) is 1.08. The van der Waals surface area contributed by atoms with E-state index in [1.807, 2.05) is 48.2 Å². The zero-order valence-electron chi connectivity index (χ0n) is 13.6. The maximum atomic E-state index is 11.6. The van der Waals surface area contributed by atoms with Crippen LogP contribution in [0.1, 0.15) is 17.5 Å². The second-order valence-electron chi connectivity index (χ2n) is 6.38. The minimum absolute atomic E-state index is 0.528. The molecule has 1 atom stereocenters. The van der Waals surface area contributed by atoms with E-state index in [0.717, 1.165) is 40.2 Å². The summed E-state index contributed by atoms with van der Waals surface area (Å²) in [6.45, 7) is 3.47. The second kappa shape index (κ2) is 6.10. The van der Waals surface area contributed by atoms with Gasteiger partial charge >= 0.3 is 5.17 Å². The molecule has 124 valence electrons. The van der Waals surface area contributed by atoms with Crippen molar-refractivity contribution in [2.75, 3.05) is 23.7 Å². The molecule has 0 fully saturated rings. The Balaban J connectivity index is 1.78. The topological polar surface area (TPSA) is 26.5 Å². The van der Waals surface area contributed by atoms with Crippen LogP contribution in [0.3, 0.4) is 0 Å². The highest BCUT2D eigenvalue weighted by atomic mass is 35.5. The van der Waals surface area contributed by atoms with E-state index in [9.17, 15) is 5.11 Å². The first-order valence-corrected chi connectivity index (χ1v) is 9.54. The van der Waals surface area contributed by atoms with E-state index in [1.165, 1.54) is 5.56 Å². The fraction of sp³-hybridized carbons (Fsp3) is 0.316. The Bertz CT molecular complexity index is 788. The van der Waals surface area contributed by atoms with Crippen LogP contribution < -0.4 is 4.90 Å². The van der Waals surface area contributed by atoms with Gasteiger partial charge in [-0.1, -0.05) is 41.4 Å². The van der Waals surface area contributed by atoms with Crippen molar-refractivity contribution in [3.63, 3.8) is 0 Å². The maximum absolute atomic E-state index is 11.6. The van der Waals surface area contributed by atoms with Gasteiger partial charge in [-0.25, -0.2) is 9.48 Å². The average Bonchev–Trinajstić information content (AvgIpc) is 2.91. The first kappa shape index (κ1) is 16.0. The standard InChI is InChI=1S/C19H20ClN2OS/c1-14-3-5-15(6-4-14)19(23)13-21(17-9-7-16(20)8-10-17)18-22(19)11-2-12-24-18/h3-10,23H,2,11-13H2,1H3/q+1/t19-/m0/s1. The van der Waals surface area contributed by atoms with Gasteiger partial charge in [0.2, 0.25) is 0 Å². The molecular weight excluding hydrogens is 340 g/mol. The van der Waals surface area contributed by atoms with Crippen LogP contribution >= 0.6 is 23.4 Å². The Morgan fingerprint density at radius 3 is 2.54 bits per heavy atom. The van der Waals surface area contributed by atoms with Crippen molar-refractivity contribution in [2.24, 2.45) is 0 Å². The lowest BCUT2D eigenvalue weighted by molar-refractivity contribution is -0.656. The van der Waals surface area contributed by atoms with E-state index in [1.54, 1.807) is 0 Å². The normalized spacial score (nSPS) is 23.5. The van der Waals surface area contributed by atoms with Gasteiger partial charge in [0.25, 0.3) is 5.72 Å². The van der Waals surface area contributed by atoms with Crippen LogP contribution in [-0.4, -0.2) is 33.7 Å². The Labute approximate surface area is 151 Å². The summed E-state index contributed by atoms with van der Waals surface area (Å²) in [4.78, 5) is 2.21. The van der Waals surface area contributed by atoms with Gasteiger partial charge < -0.3 is 5.11 Å². The minimum Gasteiger partial charge on any atom is -0.346 e. The number of rotatable bonds is 2. The minimum atomic E-state index is -0.990. The highest BCUT2D eigenvalue weighted by Crippen LogP contribution is 2.37. The Kier molecular flexibility index (Phi) is 4.07. The molecule has 3 nitrogen and oxygen atoms in total. The van der Waals surface area contributed by atoms with Gasteiger partial charge in [0.15, 0.2) is 6.54 Å². The summed E-state index contributed by atoms with van der Waals surface area (Å²) >= 11 is 7.85. The van der Waals surface area contributed by atoms with Crippen LogP contribution in [0.4, 0.5) is 5.69 Å². The first-order chi connectivity index (χ1) is 11.6. The Hall–Kier alpha value is -1.49. The van der Waals surface area contributed by atoms with E-state index in [-0.39, 0.29) is 0 Å². The smallest absolute Gasteiger partial charge is 0.316 e. The number of hydrogen-bond acceptors (Lipinski definition) is 3. The fourth-order valence-electron chi connectivity index (χ4n) is 3.39. The van der Waals surface area contributed by atoms with Crippen LogP contribution in [0.25, 0.3) is 0 Å². The summed E-state index contributed by atoms with van der Waals surface area (Å²) in [6, 6.07) is 16.0. The number of aliphatic hydroxyl groups is 1. The fourth-order valence-corrected chi connectivity index (χ4v) is 4.70. The molecule has 0 saturated carbocycles. The summed E-state index contributed by atoms with van der Waals surface area (Å²) in [6.07, 6.45) is 1.08. The van der Waals surface area contributed by atoms with Gasteiger partial charge in [0.1, 0.15) is 5.69 Å². The van der Waals surface area contributed by atoms with E-state index < -0.39 is 5.72 Å². The summed E-state index contributed by atoms with van der Waals surface area (Å²) in [5, 5.41) is 13.4. The third kappa shape index (κ3) is 2.63. The summed E-state index contributed by atoms with van der Waals surface area (Å²) in [5.41, 5.74) is 2.23. The molecular formula is C19H20ClN2OS+. The van der Waals surface area contributed by atoms with Gasteiger partial charge in [0.05, 0.1) is 6.54 Å². The molecule has 2 aromatic rings. The number of nitrogens with zero attached hydrogens (tertiary/aromatic N) is 2. The number of hydrogen-bond donors (Lipinski definition) is 1. The Morgan fingerprint density at radius 1 is 1.12 bits per heavy atom. The van der Waals surface area contributed by atoms with Crippen molar-refractivity contribution >= 4 is 34.2 Å². The third-order valence-electron chi connectivity index (χ3n) is 4.70. The van der Waals surface area contributed by atoms with Gasteiger partial charge in [-0.2, -0.15) is 0 Å². The molecule has 0 bridgehead atoms. The van der Waals surface area contributed by atoms with Crippen LogP contribution in [0, 0.1) is 6.92 Å². The van der Waals surface area contributed by atoms with Crippen LogP contribution in [0.2, 0.25) is 5.02 Å². The molecule has 2 aliphatic rings. The van der Waals surface area contributed by atoms with Gasteiger partial charge in [-0.05, 0) is 49.4 Å². The molecule has 2 aromatic carbocycles. The number of amidine groups is 1. The molecule has 0 aliphatic carbocycles. The molecule has 0 radical (unpaired) electrons. The monoisotopic (exact) mass is 359 g/mol. The highest BCUT2D eigenvalue weighted by molar-refractivity contribution is 8.13. The lowest BCUT2D eigenvalue weighted by atomic mass is 10.0. The molecule has 2 heterocycles. The van der Waals surface area contributed by atoms with Crippen molar-refractivity contribution in [2.45, 2.75) is 19.1 Å². The predicted octanol–water partition coefficient (Wildman–Crippen LogP) is 3.82. The molecule has 24 heavy (non-hydrogen) atoms. The van der Waals surface area contributed by atoms with Crippen molar-refractivity contribution in [1.82, 2.24) is 0 Å². The van der Waals surface area contributed by atoms with E-state index in [4.69, 9.17) is 11.6 Å². The van der Waals surface area contributed by atoms with Crippen LogP contribution in [0.5, 0.6) is 0 Å². The number of halogens is 1. The number of thioether (sulfide) groups is 1. The Morgan fingerprint density at radius 2 is 1.83 bits per heavy atom. The van der Waals surface area contributed by atoms with E-state index >= 15 is 0 Å². The maximum Gasteiger partial charge on any atom is 0.316 e. The highest BCUT2D eigenvalue weighted by Gasteiger charge is 2.53.